The maximum Gasteiger partial charge on any atom is 0.0790 e. The van der Waals surface area contributed by atoms with E-state index in [0.717, 1.165) is 9.75 Å². The van der Waals surface area contributed by atoms with Gasteiger partial charge in [0.25, 0.3) is 0 Å². The van der Waals surface area contributed by atoms with E-state index in [9.17, 15) is 0 Å². The summed E-state index contributed by atoms with van der Waals surface area (Å²) < 4.78 is 0. The fourth-order valence-corrected chi connectivity index (χ4v) is 2.55. The van der Waals surface area contributed by atoms with Gasteiger partial charge in [-0.25, -0.2) is 0 Å². The predicted octanol–water partition coefficient (Wildman–Crippen LogP) is 3.75. The summed E-state index contributed by atoms with van der Waals surface area (Å²) in [6, 6.07) is 4.15. The van der Waals surface area contributed by atoms with E-state index < -0.39 is 20.1 Å². The van der Waals surface area contributed by atoms with Crippen LogP contribution in [0.1, 0.15) is 9.75 Å². The molecule has 1 aromatic rings. The van der Waals surface area contributed by atoms with Gasteiger partial charge in [0.15, 0.2) is 0 Å². The topological polar surface area (TPSA) is 0 Å². The number of rotatable bonds is 0. The van der Waals surface area contributed by atoms with Crippen LogP contribution in [-0.2, 0) is 0 Å². The highest BCUT2D eigenvalue weighted by molar-refractivity contribution is 8.36. The summed E-state index contributed by atoms with van der Waals surface area (Å²) in [4.78, 5) is 2.25. The van der Waals surface area contributed by atoms with Crippen molar-refractivity contribution in [1.82, 2.24) is 0 Å². The van der Waals surface area contributed by atoms with Crippen LogP contribution in [0.15, 0.2) is 12.1 Å². The largest absolute Gasteiger partial charge is 0.186 e. The molecule has 0 atom stereocenters. The van der Waals surface area contributed by atoms with Crippen molar-refractivity contribution >= 4 is 31.4 Å². The molecule has 1 aromatic heterocycles. The summed E-state index contributed by atoms with van der Waals surface area (Å²) in [5.74, 6) is 6.49. The van der Waals surface area contributed by atoms with Crippen LogP contribution in [0.25, 0.3) is 0 Å². The molecule has 1 rings (SSSR count). The van der Waals surface area contributed by atoms with Crippen LogP contribution >= 0.6 is 31.4 Å². The summed E-state index contributed by atoms with van der Waals surface area (Å²) in [7, 11) is -1.47. The number of thiophene rings is 1. The first-order chi connectivity index (χ1) is 7.66. The van der Waals surface area contributed by atoms with Crippen LogP contribution in [0, 0.1) is 22.3 Å². The van der Waals surface area contributed by atoms with Gasteiger partial charge in [0, 0.05) is 0 Å². The van der Waals surface area contributed by atoms with Crippen molar-refractivity contribution in [2.45, 2.75) is 0 Å². The molecule has 0 unspecified atom stereocenters. The molecule has 0 radical (unpaired) electrons. The Kier molecular flexibility index (Phi) is 4.67. The van der Waals surface area contributed by atoms with Gasteiger partial charge in [-0.2, -0.15) is 20.1 Å². The van der Waals surface area contributed by atoms with Gasteiger partial charge in [-0.15, -0.1) is 11.3 Å². The monoisotopic (exact) mass is 284 g/mol. The summed E-state index contributed by atoms with van der Waals surface area (Å²) in [6.45, 7) is 0. The van der Waals surface area contributed by atoms with Crippen molar-refractivity contribution in [3.63, 3.8) is 0 Å². The molecule has 0 bridgehead atoms. The van der Waals surface area contributed by atoms with Gasteiger partial charge >= 0.3 is 0 Å². The average molecular weight is 285 g/mol. The lowest BCUT2D eigenvalue weighted by molar-refractivity contribution is 1.90. The van der Waals surface area contributed by atoms with Crippen LogP contribution < -0.4 is 0 Å². The van der Waals surface area contributed by atoms with E-state index in [1.54, 1.807) is 11.3 Å². The average Bonchev–Trinajstić information content (AvgIpc) is 2.57. The first kappa shape index (κ1) is 14.6. The Hall–Kier alpha value is -0.480. The lowest BCUT2D eigenvalue weighted by Crippen LogP contribution is -1.84. The molecule has 0 nitrogen and oxygen atoms in total. The van der Waals surface area contributed by atoms with Crippen LogP contribution in [-0.4, -0.2) is 37.5 Å². The Morgan fingerprint density at radius 3 is 1.41 bits per heavy atom. The minimum absolute atomic E-state index is 0.735. The molecule has 0 amide bonds. The van der Waals surface area contributed by atoms with E-state index in [-0.39, 0.29) is 0 Å². The predicted molar refractivity (Wildman–Crippen MR) is 88.8 cm³/mol. The van der Waals surface area contributed by atoms with E-state index in [4.69, 9.17) is 0 Å². The molecule has 0 spiro atoms. The van der Waals surface area contributed by atoms with E-state index in [0.29, 0.717) is 0 Å². The second-order valence-corrected chi connectivity index (χ2v) is 14.1. The van der Waals surface area contributed by atoms with Crippen molar-refractivity contribution in [2.24, 2.45) is 0 Å². The van der Waals surface area contributed by atoms with Crippen LogP contribution in [0.3, 0.4) is 0 Å². The van der Waals surface area contributed by atoms with Gasteiger partial charge in [-0.3, -0.25) is 0 Å². The van der Waals surface area contributed by atoms with Crippen molar-refractivity contribution in [3.8, 4) is 22.3 Å². The van der Waals surface area contributed by atoms with Crippen LogP contribution in [0.5, 0.6) is 0 Å². The molecule has 17 heavy (non-hydrogen) atoms. The van der Waals surface area contributed by atoms with E-state index in [1.165, 1.54) is 0 Å². The standard InChI is InChI=1S/C14H20S3/c1-16(2,3)11-9-13-7-8-14(15-13)10-12-17(4,5)6/h7-8H,1-6H3. The Morgan fingerprint density at radius 1 is 0.765 bits per heavy atom. The SMILES string of the molecule is CS(C)(C)C#Cc1ccc(C#CS(C)(C)C)s1. The second kappa shape index (κ2) is 5.44. The molecule has 0 saturated heterocycles. The van der Waals surface area contributed by atoms with Gasteiger partial charge in [0.1, 0.15) is 0 Å². The first-order valence-corrected chi connectivity index (χ1v) is 11.7. The van der Waals surface area contributed by atoms with Gasteiger partial charge in [-0.1, -0.05) is 0 Å². The molecule has 3 heteroatoms. The summed E-state index contributed by atoms with van der Waals surface area (Å²) in [6.07, 6.45) is 13.2. The molecule has 0 aromatic carbocycles. The smallest absolute Gasteiger partial charge is 0.0790 e. The zero-order chi connectivity index (χ0) is 13.1. The van der Waals surface area contributed by atoms with Gasteiger partial charge < -0.3 is 0 Å². The second-order valence-electron chi connectivity index (χ2n) is 5.29. The van der Waals surface area contributed by atoms with Crippen molar-refractivity contribution in [2.75, 3.05) is 37.5 Å². The third-order valence-corrected chi connectivity index (χ3v) is 3.91. The lowest BCUT2D eigenvalue weighted by atomic mass is 10.4. The van der Waals surface area contributed by atoms with Gasteiger partial charge in [0.05, 0.1) is 9.75 Å². The maximum absolute atomic E-state index is 3.32. The highest BCUT2D eigenvalue weighted by Crippen LogP contribution is 2.33. The highest BCUT2D eigenvalue weighted by atomic mass is 32.3. The molecular formula is C14H20S3. The molecule has 0 N–H and O–H groups in total. The Labute approximate surface area is 113 Å². The third-order valence-electron chi connectivity index (χ3n) is 1.57. The van der Waals surface area contributed by atoms with Crippen molar-refractivity contribution < 1.29 is 0 Å². The Morgan fingerprint density at radius 2 is 1.12 bits per heavy atom. The zero-order valence-electron chi connectivity index (χ0n) is 11.4. The van der Waals surface area contributed by atoms with Gasteiger partial charge in [0.2, 0.25) is 0 Å². The van der Waals surface area contributed by atoms with Crippen molar-refractivity contribution in [1.29, 1.82) is 0 Å². The minimum atomic E-state index is -0.735. The summed E-state index contributed by atoms with van der Waals surface area (Å²) in [5, 5.41) is 6.65. The van der Waals surface area contributed by atoms with E-state index in [1.807, 2.05) is 0 Å². The normalized spacial score (nSPS) is 13.1. The van der Waals surface area contributed by atoms with E-state index in [2.05, 4.69) is 72.0 Å². The Bertz CT molecular complexity index is 455. The number of hydrogen-bond acceptors (Lipinski definition) is 1. The fourth-order valence-electron chi connectivity index (χ4n) is 0.879. The van der Waals surface area contributed by atoms with Crippen LogP contribution in [0.4, 0.5) is 0 Å². The molecule has 0 fully saturated rings. The minimum Gasteiger partial charge on any atom is -0.186 e. The van der Waals surface area contributed by atoms with Crippen molar-refractivity contribution in [3.05, 3.63) is 21.9 Å². The zero-order valence-corrected chi connectivity index (χ0v) is 13.8. The molecule has 0 aliphatic heterocycles. The number of hydrogen-bond donors (Lipinski definition) is 0. The van der Waals surface area contributed by atoms with Gasteiger partial charge in [-0.05, 0) is 72.0 Å². The molecule has 94 valence electrons. The molecule has 0 saturated carbocycles. The Balaban J connectivity index is 2.85. The maximum atomic E-state index is 3.32. The quantitative estimate of drug-likeness (QED) is 0.637. The molecule has 0 aliphatic rings. The molecule has 0 aliphatic carbocycles. The fraction of sp³-hybridized carbons (Fsp3) is 0.429. The first-order valence-electron chi connectivity index (χ1n) is 5.18. The summed E-state index contributed by atoms with van der Waals surface area (Å²) in [5.41, 5.74) is 0. The molecular weight excluding hydrogens is 264 g/mol. The van der Waals surface area contributed by atoms with E-state index >= 15 is 0 Å². The van der Waals surface area contributed by atoms with Crippen LogP contribution in [0.2, 0.25) is 0 Å². The third kappa shape index (κ3) is 6.74. The molecule has 1 heterocycles. The highest BCUT2D eigenvalue weighted by Gasteiger charge is 1.99. The summed E-state index contributed by atoms with van der Waals surface area (Å²) >= 11 is 1.69. The lowest BCUT2D eigenvalue weighted by Gasteiger charge is -2.14.